The van der Waals surface area contributed by atoms with E-state index in [4.69, 9.17) is 5.73 Å². The molecule has 3 nitrogen and oxygen atoms in total. The standard InChI is InChI=1S/C12H19N3/c1-15-6-2-3-10(9-15)12-4-5-14-8-11(12)7-13/h4-5,8,10H,2-3,6-7,9,13H2,1H3. The number of piperidine rings is 1. The summed E-state index contributed by atoms with van der Waals surface area (Å²) in [6.45, 7) is 2.97. The third-order valence-corrected chi connectivity index (χ3v) is 3.23. The zero-order valence-electron chi connectivity index (χ0n) is 9.32. The van der Waals surface area contributed by atoms with Gasteiger partial charge in [-0.3, -0.25) is 4.98 Å². The van der Waals surface area contributed by atoms with Crippen molar-refractivity contribution in [3.05, 3.63) is 29.6 Å². The van der Waals surface area contributed by atoms with Gasteiger partial charge in [-0.25, -0.2) is 0 Å². The number of hydrogen-bond acceptors (Lipinski definition) is 3. The molecule has 1 aromatic rings. The number of aromatic nitrogens is 1. The van der Waals surface area contributed by atoms with Crippen LogP contribution in [0, 0.1) is 0 Å². The highest BCUT2D eigenvalue weighted by molar-refractivity contribution is 5.27. The summed E-state index contributed by atoms with van der Waals surface area (Å²) >= 11 is 0. The fraction of sp³-hybridized carbons (Fsp3) is 0.583. The predicted octanol–water partition coefficient (Wildman–Crippen LogP) is 1.35. The molecule has 0 aromatic carbocycles. The molecule has 0 radical (unpaired) electrons. The lowest BCUT2D eigenvalue weighted by molar-refractivity contribution is 0.250. The van der Waals surface area contributed by atoms with E-state index in [0.29, 0.717) is 12.5 Å². The van der Waals surface area contributed by atoms with Crippen molar-refractivity contribution < 1.29 is 0 Å². The quantitative estimate of drug-likeness (QED) is 0.792. The highest BCUT2D eigenvalue weighted by atomic mass is 15.1. The van der Waals surface area contributed by atoms with E-state index in [2.05, 4.69) is 23.0 Å². The number of nitrogens with two attached hydrogens (primary N) is 1. The van der Waals surface area contributed by atoms with E-state index in [0.717, 1.165) is 6.54 Å². The lowest BCUT2D eigenvalue weighted by Crippen LogP contribution is -2.31. The van der Waals surface area contributed by atoms with Gasteiger partial charge in [0.15, 0.2) is 0 Å². The Bertz CT molecular complexity index is 324. The summed E-state index contributed by atoms with van der Waals surface area (Å²) in [6.07, 6.45) is 6.35. The summed E-state index contributed by atoms with van der Waals surface area (Å²) < 4.78 is 0. The Balaban J connectivity index is 2.20. The number of pyridine rings is 1. The van der Waals surface area contributed by atoms with Gasteiger partial charge in [0.1, 0.15) is 0 Å². The molecular formula is C12H19N3. The van der Waals surface area contributed by atoms with Crippen molar-refractivity contribution in [2.45, 2.75) is 25.3 Å². The molecule has 0 aliphatic carbocycles. The minimum atomic E-state index is 0.601. The molecule has 0 spiro atoms. The van der Waals surface area contributed by atoms with Gasteiger partial charge in [-0.2, -0.15) is 0 Å². The van der Waals surface area contributed by atoms with Crippen LogP contribution in [0.4, 0.5) is 0 Å². The van der Waals surface area contributed by atoms with Crippen molar-refractivity contribution in [1.29, 1.82) is 0 Å². The fourth-order valence-electron chi connectivity index (χ4n) is 2.43. The third kappa shape index (κ3) is 2.36. The van der Waals surface area contributed by atoms with E-state index in [1.54, 1.807) is 0 Å². The second kappa shape index (κ2) is 4.73. The topological polar surface area (TPSA) is 42.2 Å². The minimum Gasteiger partial charge on any atom is -0.326 e. The van der Waals surface area contributed by atoms with Crippen molar-refractivity contribution in [2.24, 2.45) is 5.73 Å². The van der Waals surface area contributed by atoms with Gasteiger partial charge < -0.3 is 10.6 Å². The van der Waals surface area contributed by atoms with Crippen LogP contribution in [-0.2, 0) is 6.54 Å². The van der Waals surface area contributed by atoms with Gasteiger partial charge in [0.25, 0.3) is 0 Å². The smallest absolute Gasteiger partial charge is 0.0315 e. The van der Waals surface area contributed by atoms with Gasteiger partial charge in [-0.05, 0) is 49.5 Å². The molecule has 1 aliphatic rings. The van der Waals surface area contributed by atoms with Crippen LogP contribution in [0.3, 0.4) is 0 Å². The van der Waals surface area contributed by atoms with Gasteiger partial charge in [0, 0.05) is 25.5 Å². The molecule has 0 bridgehead atoms. The second-order valence-electron chi connectivity index (χ2n) is 4.38. The normalized spacial score (nSPS) is 22.9. The Hall–Kier alpha value is -0.930. The first kappa shape index (κ1) is 10.6. The molecule has 82 valence electrons. The Labute approximate surface area is 91.3 Å². The first-order valence-electron chi connectivity index (χ1n) is 5.62. The number of rotatable bonds is 2. The SMILES string of the molecule is CN1CCCC(c2ccncc2CN)C1. The average Bonchev–Trinajstić information content (AvgIpc) is 2.29. The molecule has 1 aliphatic heterocycles. The van der Waals surface area contributed by atoms with E-state index in [-0.39, 0.29) is 0 Å². The summed E-state index contributed by atoms with van der Waals surface area (Å²) in [5.74, 6) is 0.644. The zero-order chi connectivity index (χ0) is 10.7. The van der Waals surface area contributed by atoms with Gasteiger partial charge in [-0.1, -0.05) is 0 Å². The highest BCUT2D eigenvalue weighted by Crippen LogP contribution is 2.27. The highest BCUT2D eigenvalue weighted by Gasteiger charge is 2.20. The molecule has 0 saturated carbocycles. The van der Waals surface area contributed by atoms with Gasteiger partial charge >= 0.3 is 0 Å². The predicted molar refractivity (Wildman–Crippen MR) is 61.6 cm³/mol. The maximum absolute atomic E-state index is 5.74. The van der Waals surface area contributed by atoms with Crippen molar-refractivity contribution in [3.63, 3.8) is 0 Å². The number of likely N-dealkylation sites (tertiary alicyclic amines) is 1. The molecular weight excluding hydrogens is 186 g/mol. The molecule has 1 saturated heterocycles. The van der Waals surface area contributed by atoms with Gasteiger partial charge in [-0.15, -0.1) is 0 Å². The van der Waals surface area contributed by atoms with Crippen LogP contribution in [0.25, 0.3) is 0 Å². The summed E-state index contributed by atoms with van der Waals surface area (Å²) in [6, 6.07) is 2.13. The van der Waals surface area contributed by atoms with Crippen LogP contribution >= 0.6 is 0 Å². The minimum absolute atomic E-state index is 0.601. The molecule has 2 N–H and O–H groups in total. The van der Waals surface area contributed by atoms with E-state index >= 15 is 0 Å². The lowest BCUT2D eigenvalue weighted by atomic mass is 9.89. The summed E-state index contributed by atoms with van der Waals surface area (Å²) in [5.41, 5.74) is 8.35. The van der Waals surface area contributed by atoms with E-state index in [1.165, 1.54) is 30.5 Å². The summed E-state index contributed by atoms with van der Waals surface area (Å²) in [4.78, 5) is 6.53. The van der Waals surface area contributed by atoms with E-state index in [9.17, 15) is 0 Å². The molecule has 1 atom stereocenters. The van der Waals surface area contributed by atoms with Crippen molar-refractivity contribution in [2.75, 3.05) is 20.1 Å². The van der Waals surface area contributed by atoms with Gasteiger partial charge in [0.05, 0.1) is 0 Å². The summed E-state index contributed by atoms with van der Waals surface area (Å²) in [7, 11) is 2.19. The average molecular weight is 205 g/mol. The maximum atomic E-state index is 5.74. The number of hydrogen-bond donors (Lipinski definition) is 1. The molecule has 1 aromatic heterocycles. The Morgan fingerprint density at radius 1 is 1.60 bits per heavy atom. The van der Waals surface area contributed by atoms with Crippen LogP contribution in [0.5, 0.6) is 0 Å². The first-order valence-corrected chi connectivity index (χ1v) is 5.62. The number of likely N-dealkylation sites (N-methyl/N-ethyl adjacent to an activating group) is 1. The van der Waals surface area contributed by atoms with Crippen molar-refractivity contribution in [1.82, 2.24) is 9.88 Å². The monoisotopic (exact) mass is 205 g/mol. The van der Waals surface area contributed by atoms with E-state index in [1.807, 2.05) is 12.4 Å². The van der Waals surface area contributed by atoms with Gasteiger partial charge in [0.2, 0.25) is 0 Å². The lowest BCUT2D eigenvalue weighted by Gasteiger charge is -2.30. The van der Waals surface area contributed by atoms with Crippen LogP contribution in [0.2, 0.25) is 0 Å². The number of nitrogens with zero attached hydrogens (tertiary/aromatic N) is 2. The Kier molecular flexibility index (Phi) is 3.34. The molecule has 2 rings (SSSR count). The molecule has 0 amide bonds. The molecule has 3 heteroatoms. The van der Waals surface area contributed by atoms with Crippen LogP contribution in [0.1, 0.15) is 29.9 Å². The van der Waals surface area contributed by atoms with Crippen LogP contribution < -0.4 is 5.73 Å². The summed E-state index contributed by atoms with van der Waals surface area (Å²) in [5, 5.41) is 0. The van der Waals surface area contributed by atoms with Crippen molar-refractivity contribution in [3.8, 4) is 0 Å². The maximum Gasteiger partial charge on any atom is 0.0315 e. The molecule has 1 fully saturated rings. The van der Waals surface area contributed by atoms with Crippen LogP contribution in [-0.4, -0.2) is 30.0 Å². The molecule has 2 heterocycles. The zero-order valence-corrected chi connectivity index (χ0v) is 9.32. The third-order valence-electron chi connectivity index (χ3n) is 3.23. The first-order chi connectivity index (χ1) is 7.31. The van der Waals surface area contributed by atoms with E-state index < -0.39 is 0 Å². The second-order valence-corrected chi connectivity index (χ2v) is 4.38. The Morgan fingerprint density at radius 3 is 3.20 bits per heavy atom. The largest absolute Gasteiger partial charge is 0.326 e. The molecule has 15 heavy (non-hydrogen) atoms. The van der Waals surface area contributed by atoms with Crippen LogP contribution in [0.15, 0.2) is 18.5 Å². The van der Waals surface area contributed by atoms with Crippen molar-refractivity contribution >= 4 is 0 Å². The fourth-order valence-corrected chi connectivity index (χ4v) is 2.43. The molecule has 1 unspecified atom stereocenters. The Morgan fingerprint density at radius 2 is 2.47 bits per heavy atom.